The summed E-state index contributed by atoms with van der Waals surface area (Å²) in [5.41, 5.74) is 8.46. The molecule has 0 bridgehead atoms. The van der Waals surface area contributed by atoms with E-state index in [4.69, 9.17) is 17.3 Å². The zero-order valence-corrected chi connectivity index (χ0v) is 24.1. The SMILES string of the molecule is CC1=CC(N2CCC(C3CCN(C(=O)CC4CCN(C(N)=O)CC4)CC3)CC2)c2ccc(Cl)cc2C=C1C(=O)O. The van der Waals surface area contributed by atoms with Crippen LogP contribution < -0.4 is 5.73 Å². The van der Waals surface area contributed by atoms with Crippen molar-refractivity contribution in [1.29, 1.82) is 0 Å². The molecule has 8 nitrogen and oxygen atoms in total. The molecule has 0 radical (unpaired) electrons. The van der Waals surface area contributed by atoms with Crippen molar-refractivity contribution in [3.63, 3.8) is 0 Å². The van der Waals surface area contributed by atoms with E-state index in [1.807, 2.05) is 25.1 Å². The van der Waals surface area contributed by atoms with Crippen LogP contribution in [0.5, 0.6) is 0 Å². The summed E-state index contributed by atoms with van der Waals surface area (Å²) in [6.07, 6.45) is 10.5. The number of carboxylic acids is 1. The Kier molecular flexibility index (Phi) is 8.86. The molecule has 3 heterocycles. The predicted molar refractivity (Wildman–Crippen MR) is 156 cm³/mol. The van der Waals surface area contributed by atoms with Crippen LogP contribution >= 0.6 is 11.6 Å². The molecule has 3 fully saturated rings. The first-order chi connectivity index (χ1) is 19.2. The third-order valence-corrected chi connectivity index (χ3v) is 9.88. The number of hydrogen-bond donors (Lipinski definition) is 2. The maximum atomic E-state index is 13.0. The standard InChI is InChI=1S/C31H41ClN4O4/c1-20-16-28(26-3-2-25(32)18-24(26)19-27(20)30(38)39)34-12-6-22(7-13-34)23-8-14-35(15-9-23)29(37)17-21-4-10-36(11-5-21)31(33)40/h2-3,16,18-19,21-23,28H,4-15,17H2,1H3,(H2,33,40)(H,38,39). The second-order valence-corrected chi connectivity index (χ2v) is 12.4. The summed E-state index contributed by atoms with van der Waals surface area (Å²) in [7, 11) is 0. The van der Waals surface area contributed by atoms with Gasteiger partial charge in [-0.1, -0.05) is 23.7 Å². The first kappa shape index (κ1) is 28.7. The minimum absolute atomic E-state index is 0.0237. The Hall–Kier alpha value is -2.84. The van der Waals surface area contributed by atoms with Crippen LogP contribution in [0.3, 0.4) is 0 Å². The van der Waals surface area contributed by atoms with E-state index in [9.17, 15) is 19.5 Å². The van der Waals surface area contributed by atoms with Gasteiger partial charge in [0.15, 0.2) is 0 Å². The topological polar surface area (TPSA) is 107 Å². The van der Waals surface area contributed by atoms with Crippen molar-refractivity contribution in [3.05, 3.63) is 51.6 Å². The summed E-state index contributed by atoms with van der Waals surface area (Å²) in [5, 5.41) is 10.4. The van der Waals surface area contributed by atoms with Crippen molar-refractivity contribution < 1.29 is 19.5 Å². The number of carbonyl (C=O) groups excluding carboxylic acids is 2. The number of aliphatic carboxylic acids is 1. The van der Waals surface area contributed by atoms with Gasteiger partial charge in [0, 0.05) is 37.6 Å². The van der Waals surface area contributed by atoms with Gasteiger partial charge in [-0.3, -0.25) is 9.69 Å². The Labute approximate surface area is 241 Å². The number of benzene rings is 1. The van der Waals surface area contributed by atoms with Gasteiger partial charge in [0.1, 0.15) is 0 Å². The first-order valence-corrected chi connectivity index (χ1v) is 15.1. The minimum Gasteiger partial charge on any atom is -0.478 e. The molecule has 3 saturated heterocycles. The van der Waals surface area contributed by atoms with E-state index in [0.717, 1.165) is 81.4 Å². The van der Waals surface area contributed by atoms with Gasteiger partial charge in [-0.2, -0.15) is 0 Å². The van der Waals surface area contributed by atoms with E-state index in [-0.39, 0.29) is 18.0 Å². The minimum atomic E-state index is -0.919. The molecular weight excluding hydrogens is 528 g/mol. The van der Waals surface area contributed by atoms with Crippen molar-refractivity contribution in [3.8, 4) is 0 Å². The summed E-state index contributed by atoms with van der Waals surface area (Å²) in [6.45, 7) is 6.80. The molecule has 5 rings (SSSR count). The van der Waals surface area contributed by atoms with Gasteiger partial charge in [0.25, 0.3) is 0 Å². The number of carboxylic acid groups (broad SMARTS) is 1. The van der Waals surface area contributed by atoms with Crippen LogP contribution in [0.4, 0.5) is 4.79 Å². The lowest BCUT2D eigenvalue weighted by molar-refractivity contribution is -0.134. The molecule has 1 atom stereocenters. The Morgan fingerprint density at radius 3 is 2.12 bits per heavy atom. The van der Waals surface area contributed by atoms with E-state index < -0.39 is 5.97 Å². The highest BCUT2D eigenvalue weighted by Crippen LogP contribution is 2.39. The van der Waals surface area contributed by atoms with Gasteiger partial charge in [0.2, 0.25) is 5.91 Å². The summed E-state index contributed by atoms with van der Waals surface area (Å²) in [6, 6.07) is 5.45. The molecule has 4 aliphatic rings. The van der Waals surface area contributed by atoms with Gasteiger partial charge in [-0.25, -0.2) is 9.59 Å². The summed E-state index contributed by atoms with van der Waals surface area (Å²) in [4.78, 5) is 42.5. The number of halogens is 1. The largest absolute Gasteiger partial charge is 0.478 e. The van der Waals surface area contributed by atoms with Crippen molar-refractivity contribution >= 4 is 35.6 Å². The number of urea groups is 1. The first-order valence-electron chi connectivity index (χ1n) is 14.7. The Bertz CT molecular complexity index is 1190. The van der Waals surface area contributed by atoms with Crippen LogP contribution in [0, 0.1) is 17.8 Å². The average Bonchev–Trinajstić information content (AvgIpc) is 3.09. The average molecular weight is 569 g/mol. The zero-order chi connectivity index (χ0) is 28.4. The van der Waals surface area contributed by atoms with Gasteiger partial charge in [-0.15, -0.1) is 0 Å². The molecule has 3 N–H and O–H groups in total. The smallest absolute Gasteiger partial charge is 0.335 e. The van der Waals surface area contributed by atoms with Crippen LogP contribution in [0.15, 0.2) is 35.4 Å². The van der Waals surface area contributed by atoms with Crippen molar-refractivity contribution in [2.45, 2.75) is 57.9 Å². The second kappa shape index (κ2) is 12.4. The molecule has 9 heteroatoms. The quantitative estimate of drug-likeness (QED) is 0.523. The van der Waals surface area contributed by atoms with E-state index in [1.165, 1.54) is 0 Å². The molecule has 1 aromatic rings. The molecule has 0 spiro atoms. The second-order valence-electron chi connectivity index (χ2n) is 12.0. The zero-order valence-electron chi connectivity index (χ0n) is 23.4. The monoisotopic (exact) mass is 568 g/mol. The number of fused-ring (bicyclic) bond motifs is 1. The van der Waals surface area contributed by atoms with Gasteiger partial charge < -0.3 is 20.6 Å². The van der Waals surface area contributed by atoms with E-state index in [1.54, 1.807) is 11.0 Å². The maximum absolute atomic E-state index is 13.0. The molecule has 1 unspecified atom stereocenters. The number of primary amides is 1. The summed E-state index contributed by atoms with van der Waals surface area (Å²) >= 11 is 6.28. The molecule has 3 amide bonds. The van der Waals surface area contributed by atoms with Crippen LogP contribution in [0.2, 0.25) is 5.02 Å². The fourth-order valence-electron chi connectivity index (χ4n) is 7.18. The highest BCUT2D eigenvalue weighted by atomic mass is 35.5. The van der Waals surface area contributed by atoms with Crippen molar-refractivity contribution in [1.82, 2.24) is 14.7 Å². The van der Waals surface area contributed by atoms with Crippen LogP contribution in [-0.4, -0.2) is 77.0 Å². The fourth-order valence-corrected chi connectivity index (χ4v) is 7.36. The van der Waals surface area contributed by atoms with Gasteiger partial charge in [0.05, 0.1) is 11.6 Å². The van der Waals surface area contributed by atoms with Gasteiger partial charge >= 0.3 is 12.0 Å². The fraction of sp³-hybridized carbons (Fsp3) is 0.581. The lowest BCUT2D eigenvalue weighted by Gasteiger charge is -2.42. The third-order valence-electron chi connectivity index (χ3n) is 9.65. The van der Waals surface area contributed by atoms with Crippen molar-refractivity contribution in [2.24, 2.45) is 23.5 Å². The molecule has 40 heavy (non-hydrogen) atoms. The number of piperidine rings is 3. The predicted octanol–water partition coefficient (Wildman–Crippen LogP) is 4.94. The Morgan fingerprint density at radius 2 is 1.52 bits per heavy atom. The molecule has 0 aromatic heterocycles. The number of amides is 3. The molecule has 1 aliphatic carbocycles. The third kappa shape index (κ3) is 6.39. The molecule has 0 saturated carbocycles. The molecule has 1 aromatic carbocycles. The van der Waals surface area contributed by atoms with Crippen molar-refractivity contribution in [2.75, 3.05) is 39.3 Å². The number of rotatable bonds is 5. The lowest BCUT2D eigenvalue weighted by Crippen LogP contribution is -2.45. The van der Waals surface area contributed by atoms with E-state index >= 15 is 0 Å². The summed E-state index contributed by atoms with van der Waals surface area (Å²) < 4.78 is 0. The maximum Gasteiger partial charge on any atom is 0.335 e. The summed E-state index contributed by atoms with van der Waals surface area (Å²) in [5.74, 6) is 0.976. The number of nitrogens with two attached hydrogens (primary N) is 1. The normalized spacial score (nSPS) is 23.7. The van der Waals surface area contributed by atoms with Crippen LogP contribution in [0.25, 0.3) is 6.08 Å². The molecule has 216 valence electrons. The number of nitrogens with zero attached hydrogens (tertiary/aromatic N) is 3. The Morgan fingerprint density at radius 1 is 0.925 bits per heavy atom. The number of hydrogen-bond acceptors (Lipinski definition) is 4. The molecular formula is C31H41ClN4O4. The Balaban J connectivity index is 1.13. The van der Waals surface area contributed by atoms with E-state index in [0.29, 0.717) is 47.9 Å². The van der Waals surface area contributed by atoms with Crippen LogP contribution in [-0.2, 0) is 9.59 Å². The van der Waals surface area contributed by atoms with E-state index in [2.05, 4.69) is 15.9 Å². The highest BCUT2D eigenvalue weighted by molar-refractivity contribution is 6.30. The highest BCUT2D eigenvalue weighted by Gasteiger charge is 2.34. The molecule has 3 aliphatic heterocycles. The number of carbonyl (C=O) groups is 3. The van der Waals surface area contributed by atoms with Gasteiger partial charge in [-0.05, 0) is 111 Å². The lowest BCUT2D eigenvalue weighted by atomic mass is 9.78. The number of likely N-dealkylation sites (tertiary alicyclic amines) is 3. The van der Waals surface area contributed by atoms with Crippen LogP contribution in [0.1, 0.15) is 69.0 Å².